The van der Waals surface area contributed by atoms with Gasteiger partial charge in [0.15, 0.2) is 0 Å². The van der Waals surface area contributed by atoms with Crippen LogP contribution in [0.15, 0.2) is 36.7 Å². The van der Waals surface area contributed by atoms with Crippen molar-refractivity contribution in [3.8, 4) is 0 Å². The molecule has 148 valence electrons. The van der Waals surface area contributed by atoms with E-state index in [1.807, 2.05) is 30.3 Å². The predicted molar refractivity (Wildman–Crippen MR) is 104 cm³/mol. The number of anilines is 3. The Morgan fingerprint density at radius 2 is 2.11 bits per heavy atom. The first-order chi connectivity index (χ1) is 13.6. The second-order valence-electron chi connectivity index (χ2n) is 6.30. The Labute approximate surface area is 162 Å². The minimum absolute atomic E-state index is 0.0529. The van der Waals surface area contributed by atoms with Gasteiger partial charge < -0.3 is 9.64 Å². The number of carbonyl (C=O) groups is 1. The third-order valence-electron chi connectivity index (χ3n) is 4.43. The third kappa shape index (κ3) is 4.45. The molecule has 0 aliphatic carbocycles. The van der Waals surface area contributed by atoms with Crippen molar-refractivity contribution < 1.29 is 14.5 Å². The van der Waals surface area contributed by atoms with Crippen LogP contribution in [-0.2, 0) is 9.53 Å². The topological polar surface area (TPSA) is 123 Å². The van der Waals surface area contributed by atoms with Gasteiger partial charge in [-0.2, -0.15) is 0 Å². The molecule has 2 aromatic rings. The predicted octanol–water partition coefficient (Wildman–Crippen LogP) is 2.60. The molecule has 28 heavy (non-hydrogen) atoms. The summed E-state index contributed by atoms with van der Waals surface area (Å²) in [5.74, 6) is -0.376. The maximum absolute atomic E-state index is 12.1. The molecule has 0 radical (unpaired) electrons. The molecule has 1 unspecified atom stereocenters. The maximum atomic E-state index is 12.1. The highest BCUT2D eigenvalue weighted by atomic mass is 16.6. The number of piperidine rings is 1. The minimum atomic E-state index is -0.516. The van der Waals surface area contributed by atoms with Crippen LogP contribution in [0, 0.1) is 16.0 Å². The monoisotopic (exact) mass is 386 g/mol. The summed E-state index contributed by atoms with van der Waals surface area (Å²) in [6.45, 7) is 2.95. The van der Waals surface area contributed by atoms with Gasteiger partial charge in [-0.05, 0) is 31.9 Å². The van der Waals surface area contributed by atoms with Gasteiger partial charge in [0.2, 0.25) is 11.6 Å². The number of carbonyl (C=O) groups excluding carboxylic acids is 1. The Bertz CT molecular complexity index is 832. The Balaban J connectivity index is 1.82. The lowest BCUT2D eigenvalue weighted by molar-refractivity contribution is -0.383. The van der Waals surface area contributed by atoms with E-state index < -0.39 is 4.92 Å². The first-order valence-corrected chi connectivity index (χ1v) is 9.08. The van der Waals surface area contributed by atoms with Gasteiger partial charge >= 0.3 is 11.7 Å². The fourth-order valence-electron chi connectivity index (χ4n) is 3.14. The molecule has 0 amide bonds. The third-order valence-corrected chi connectivity index (χ3v) is 4.43. The van der Waals surface area contributed by atoms with E-state index in [4.69, 9.17) is 4.74 Å². The molecule has 10 nitrogen and oxygen atoms in total. The van der Waals surface area contributed by atoms with Crippen LogP contribution >= 0.6 is 0 Å². The first-order valence-electron chi connectivity index (χ1n) is 9.08. The van der Waals surface area contributed by atoms with Crippen molar-refractivity contribution >= 4 is 29.0 Å². The van der Waals surface area contributed by atoms with Crippen LogP contribution in [0.5, 0.6) is 0 Å². The van der Waals surface area contributed by atoms with Crippen molar-refractivity contribution in [3.63, 3.8) is 0 Å². The van der Waals surface area contributed by atoms with Crippen molar-refractivity contribution in [1.82, 2.24) is 9.97 Å². The van der Waals surface area contributed by atoms with Crippen LogP contribution in [0.2, 0.25) is 0 Å². The van der Waals surface area contributed by atoms with Crippen LogP contribution in [0.25, 0.3) is 0 Å². The number of nitrogens with zero attached hydrogens (tertiary/aromatic N) is 4. The molecule has 2 heterocycles. The second kappa shape index (κ2) is 8.98. The average molecular weight is 386 g/mol. The molecule has 1 aromatic heterocycles. The number of nitro groups is 1. The van der Waals surface area contributed by atoms with Gasteiger partial charge in [-0.1, -0.05) is 18.2 Å². The number of nitrogens with one attached hydrogen (secondary N) is 2. The lowest BCUT2D eigenvalue weighted by Gasteiger charge is -2.32. The number of esters is 1. The molecule has 1 aromatic carbocycles. The first kappa shape index (κ1) is 19.3. The summed E-state index contributed by atoms with van der Waals surface area (Å²) in [4.78, 5) is 33.2. The molecular weight excluding hydrogens is 364 g/mol. The molecule has 0 bridgehead atoms. The van der Waals surface area contributed by atoms with Crippen LogP contribution in [0.3, 0.4) is 0 Å². The number of para-hydroxylation sites is 1. The number of hydrogen-bond donors (Lipinski definition) is 2. The van der Waals surface area contributed by atoms with Crippen molar-refractivity contribution in [2.75, 3.05) is 35.4 Å². The Kier molecular flexibility index (Phi) is 6.20. The normalized spacial score (nSPS) is 16.3. The van der Waals surface area contributed by atoms with Crippen molar-refractivity contribution in [3.05, 3.63) is 46.8 Å². The van der Waals surface area contributed by atoms with E-state index in [-0.39, 0.29) is 29.2 Å². The zero-order valence-corrected chi connectivity index (χ0v) is 15.5. The van der Waals surface area contributed by atoms with Gasteiger partial charge in [-0.25, -0.2) is 9.97 Å². The fourth-order valence-corrected chi connectivity index (χ4v) is 3.14. The summed E-state index contributed by atoms with van der Waals surface area (Å²) < 4.78 is 5.10. The molecular formula is C18H22N6O4. The Morgan fingerprint density at radius 1 is 1.32 bits per heavy atom. The molecule has 1 atom stereocenters. The SMILES string of the molecule is CCOC(=O)C1CCCN(c2ncnc(NNc3ccccc3)c2[N+](=O)[O-])C1. The van der Waals surface area contributed by atoms with Crippen LogP contribution < -0.4 is 15.8 Å². The maximum Gasteiger partial charge on any atom is 0.355 e. The summed E-state index contributed by atoms with van der Waals surface area (Å²) in [5, 5.41) is 11.8. The van der Waals surface area contributed by atoms with Gasteiger partial charge in [0, 0.05) is 13.1 Å². The van der Waals surface area contributed by atoms with Crippen LogP contribution in [0.1, 0.15) is 19.8 Å². The number of ether oxygens (including phenoxy) is 1. The number of hydrazine groups is 1. The molecule has 0 saturated carbocycles. The average Bonchev–Trinajstić information content (AvgIpc) is 2.73. The number of hydrogen-bond acceptors (Lipinski definition) is 9. The van der Waals surface area contributed by atoms with Gasteiger partial charge in [0.05, 0.1) is 23.1 Å². The molecule has 1 aliphatic rings. The van der Waals surface area contributed by atoms with Gasteiger partial charge in [0.1, 0.15) is 6.33 Å². The van der Waals surface area contributed by atoms with Gasteiger partial charge in [-0.15, -0.1) is 0 Å². The van der Waals surface area contributed by atoms with E-state index in [0.717, 1.165) is 12.1 Å². The van der Waals surface area contributed by atoms with Crippen molar-refractivity contribution in [2.24, 2.45) is 5.92 Å². The number of aromatic nitrogens is 2. The molecule has 1 fully saturated rings. The van der Waals surface area contributed by atoms with Crippen molar-refractivity contribution in [2.45, 2.75) is 19.8 Å². The number of benzene rings is 1. The van der Waals surface area contributed by atoms with Gasteiger partial charge in [-0.3, -0.25) is 25.8 Å². The summed E-state index contributed by atoms with van der Waals surface area (Å²) in [6.07, 6.45) is 2.68. The molecule has 10 heteroatoms. The second-order valence-corrected chi connectivity index (χ2v) is 6.30. The molecule has 2 N–H and O–H groups in total. The largest absolute Gasteiger partial charge is 0.466 e. The zero-order valence-electron chi connectivity index (χ0n) is 15.5. The highest BCUT2D eigenvalue weighted by Crippen LogP contribution is 2.34. The van der Waals surface area contributed by atoms with Gasteiger partial charge in [0.25, 0.3) is 0 Å². The summed E-state index contributed by atoms with van der Waals surface area (Å²) in [6, 6.07) is 9.18. The van der Waals surface area contributed by atoms with E-state index in [2.05, 4.69) is 20.8 Å². The van der Waals surface area contributed by atoms with Crippen LogP contribution in [-0.4, -0.2) is 40.6 Å². The molecule has 1 aliphatic heterocycles. The zero-order chi connectivity index (χ0) is 19.9. The van der Waals surface area contributed by atoms with E-state index in [1.165, 1.54) is 6.33 Å². The van der Waals surface area contributed by atoms with Crippen LogP contribution in [0.4, 0.5) is 23.0 Å². The standard InChI is InChI=1S/C18H22N6O4/c1-2-28-18(25)13-7-6-10-23(11-13)17-15(24(26)27)16(19-12-20-17)22-21-14-8-4-3-5-9-14/h3-5,8-9,12-13,21H,2,6-7,10-11H2,1H3,(H,19,20,22). The summed E-state index contributed by atoms with van der Waals surface area (Å²) in [5.41, 5.74) is 6.17. The molecule has 3 rings (SSSR count). The van der Waals surface area contributed by atoms with E-state index in [1.54, 1.807) is 11.8 Å². The number of rotatable bonds is 7. The quantitative estimate of drug-likeness (QED) is 0.420. The Hall–Kier alpha value is -3.43. The Morgan fingerprint density at radius 3 is 2.82 bits per heavy atom. The van der Waals surface area contributed by atoms with E-state index in [9.17, 15) is 14.9 Å². The fraction of sp³-hybridized carbons (Fsp3) is 0.389. The minimum Gasteiger partial charge on any atom is -0.466 e. The van der Waals surface area contributed by atoms with E-state index in [0.29, 0.717) is 26.1 Å². The summed E-state index contributed by atoms with van der Waals surface area (Å²) in [7, 11) is 0. The molecule has 0 spiro atoms. The highest BCUT2D eigenvalue weighted by Gasteiger charge is 2.33. The smallest absolute Gasteiger partial charge is 0.355 e. The lowest BCUT2D eigenvalue weighted by Crippen LogP contribution is -2.40. The summed E-state index contributed by atoms with van der Waals surface area (Å²) >= 11 is 0. The molecule has 1 saturated heterocycles. The lowest BCUT2D eigenvalue weighted by atomic mass is 9.98. The van der Waals surface area contributed by atoms with Crippen molar-refractivity contribution in [1.29, 1.82) is 0 Å². The van der Waals surface area contributed by atoms with E-state index >= 15 is 0 Å². The highest BCUT2D eigenvalue weighted by molar-refractivity contribution is 5.75.